The van der Waals surface area contributed by atoms with Crippen molar-refractivity contribution < 1.29 is 9.21 Å². The predicted octanol–water partition coefficient (Wildman–Crippen LogP) is 3.68. The molecule has 1 aromatic heterocycles. The molecular formula is C19H18N2O2. The second-order valence-corrected chi connectivity index (χ2v) is 5.95. The Bertz CT molecular complexity index is 797. The lowest BCUT2D eigenvalue weighted by molar-refractivity contribution is 0.0895. The fourth-order valence-electron chi connectivity index (χ4n) is 3.09. The highest BCUT2D eigenvalue weighted by molar-refractivity contribution is 5.98. The summed E-state index contributed by atoms with van der Waals surface area (Å²) in [5.74, 6) is 0.981. The van der Waals surface area contributed by atoms with E-state index in [2.05, 4.69) is 10.3 Å². The molecule has 4 heteroatoms. The first kappa shape index (κ1) is 14.2. The smallest absolute Gasteiger partial charge is 0.227 e. The number of hydrogen-bond acceptors (Lipinski definition) is 4. The summed E-state index contributed by atoms with van der Waals surface area (Å²) in [6.07, 6.45) is 1.84. The number of para-hydroxylation sites is 2. The van der Waals surface area contributed by atoms with E-state index in [-0.39, 0.29) is 11.7 Å². The van der Waals surface area contributed by atoms with Crippen LogP contribution in [-0.4, -0.2) is 23.9 Å². The van der Waals surface area contributed by atoms with Crippen molar-refractivity contribution in [3.8, 4) is 11.5 Å². The lowest BCUT2D eigenvalue weighted by atomic mass is 9.89. The van der Waals surface area contributed by atoms with E-state index in [1.54, 1.807) is 0 Å². The summed E-state index contributed by atoms with van der Waals surface area (Å²) in [5, 5.41) is 3.29. The Balaban J connectivity index is 1.58. The molecule has 0 unspecified atom stereocenters. The van der Waals surface area contributed by atoms with Gasteiger partial charge < -0.3 is 9.73 Å². The van der Waals surface area contributed by atoms with Gasteiger partial charge in [-0.25, -0.2) is 4.98 Å². The van der Waals surface area contributed by atoms with E-state index < -0.39 is 0 Å². The number of ketones is 1. The van der Waals surface area contributed by atoms with Crippen LogP contribution < -0.4 is 5.32 Å². The Morgan fingerprint density at radius 1 is 1.04 bits per heavy atom. The van der Waals surface area contributed by atoms with Crippen LogP contribution in [0, 0.1) is 5.92 Å². The van der Waals surface area contributed by atoms with E-state index >= 15 is 0 Å². The van der Waals surface area contributed by atoms with E-state index in [0.717, 1.165) is 48.2 Å². The van der Waals surface area contributed by atoms with Gasteiger partial charge in [0, 0.05) is 17.0 Å². The maximum absolute atomic E-state index is 12.5. The van der Waals surface area contributed by atoms with Gasteiger partial charge in [0.15, 0.2) is 11.4 Å². The normalized spacial score (nSPS) is 15.8. The minimum Gasteiger partial charge on any atom is -0.436 e. The van der Waals surface area contributed by atoms with Gasteiger partial charge in [-0.3, -0.25) is 4.79 Å². The summed E-state index contributed by atoms with van der Waals surface area (Å²) in [6.45, 7) is 1.86. The number of aromatic nitrogens is 1. The van der Waals surface area contributed by atoms with Crippen molar-refractivity contribution in [3.05, 3.63) is 54.1 Å². The summed E-state index contributed by atoms with van der Waals surface area (Å²) in [4.78, 5) is 17.0. The molecule has 4 rings (SSSR count). The van der Waals surface area contributed by atoms with Crippen LogP contribution in [0.2, 0.25) is 0 Å². The molecule has 0 aliphatic carbocycles. The predicted molar refractivity (Wildman–Crippen MR) is 89.4 cm³/mol. The molecule has 116 valence electrons. The number of carbonyl (C=O) groups excluding carboxylic acids is 1. The molecular weight excluding hydrogens is 288 g/mol. The first-order valence-corrected chi connectivity index (χ1v) is 8.02. The van der Waals surface area contributed by atoms with Gasteiger partial charge in [-0.15, -0.1) is 0 Å². The number of fused-ring (bicyclic) bond motifs is 1. The molecule has 0 radical (unpaired) electrons. The minimum atomic E-state index is 0.145. The maximum atomic E-state index is 12.5. The van der Waals surface area contributed by atoms with Crippen LogP contribution in [0.4, 0.5) is 0 Å². The van der Waals surface area contributed by atoms with Crippen LogP contribution in [0.5, 0.6) is 0 Å². The third kappa shape index (κ3) is 2.78. The maximum Gasteiger partial charge on any atom is 0.227 e. The number of benzene rings is 2. The number of rotatable bonds is 3. The Morgan fingerprint density at radius 2 is 1.78 bits per heavy atom. The number of Topliss-reactive ketones (excluding diaryl/α,β-unsaturated/α-hetero) is 1. The zero-order valence-electron chi connectivity index (χ0n) is 12.8. The third-order valence-electron chi connectivity index (χ3n) is 4.42. The highest BCUT2D eigenvalue weighted by Gasteiger charge is 2.22. The van der Waals surface area contributed by atoms with Gasteiger partial charge in [0.2, 0.25) is 5.89 Å². The zero-order valence-corrected chi connectivity index (χ0v) is 12.8. The fourth-order valence-corrected chi connectivity index (χ4v) is 3.09. The summed E-state index contributed by atoms with van der Waals surface area (Å²) >= 11 is 0. The first-order valence-electron chi connectivity index (χ1n) is 8.02. The number of oxazole rings is 1. The van der Waals surface area contributed by atoms with Gasteiger partial charge in [-0.2, -0.15) is 0 Å². The Morgan fingerprint density at radius 3 is 2.52 bits per heavy atom. The lowest BCUT2D eigenvalue weighted by Gasteiger charge is -2.21. The summed E-state index contributed by atoms with van der Waals surface area (Å²) < 4.78 is 5.77. The van der Waals surface area contributed by atoms with E-state index in [1.807, 2.05) is 48.5 Å². The fraction of sp³-hybridized carbons (Fsp3) is 0.263. The minimum absolute atomic E-state index is 0.145. The van der Waals surface area contributed by atoms with E-state index in [4.69, 9.17) is 4.42 Å². The number of carbonyl (C=O) groups is 1. The average Bonchev–Trinajstić information content (AvgIpc) is 3.06. The molecule has 4 nitrogen and oxygen atoms in total. The van der Waals surface area contributed by atoms with E-state index in [0.29, 0.717) is 5.89 Å². The van der Waals surface area contributed by atoms with Crippen molar-refractivity contribution in [1.82, 2.24) is 10.3 Å². The number of piperidine rings is 1. The van der Waals surface area contributed by atoms with Crippen molar-refractivity contribution in [1.29, 1.82) is 0 Å². The van der Waals surface area contributed by atoms with E-state index in [9.17, 15) is 4.79 Å². The van der Waals surface area contributed by atoms with Crippen LogP contribution in [0.15, 0.2) is 52.9 Å². The Kier molecular flexibility index (Phi) is 3.67. The van der Waals surface area contributed by atoms with Crippen LogP contribution in [0.1, 0.15) is 23.2 Å². The quantitative estimate of drug-likeness (QED) is 0.750. The van der Waals surface area contributed by atoms with Gasteiger partial charge >= 0.3 is 0 Å². The van der Waals surface area contributed by atoms with Gasteiger partial charge in [0.25, 0.3) is 0 Å². The topological polar surface area (TPSA) is 55.1 Å². The lowest BCUT2D eigenvalue weighted by Crippen LogP contribution is -2.31. The molecule has 1 N–H and O–H groups in total. The second kappa shape index (κ2) is 5.97. The van der Waals surface area contributed by atoms with Gasteiger partial charge in [-0.1, -0.05) is 24.3 Å². The van der Waals surface area contributed by atoms with Crippen molar-refractivity contribution >= 4 is 16.9 Å². The summed E-state index contributed by atoms with van der Waals surface area (Å²) in [6, 6.07) is 15.3. The van der Waals surface area contributed by atoms with Crippen LogP contribution in [0.3, 0.4) is 0 Å². The molecule has 2 aromatic carbocycles. The van der Waals surface area contributed by atoms with E-state index in [1.165, 1.54) is 0 Å². The number of nitrogens with zero attached hydrogens (tertiary/aromatic N) is 1. The molecule has 0 spiro atoms. The molecule has 23 heavy (non-hydrogen) atoms. The van der Waals surface area contributed by atoms with Crippen LogP contribution >= 0.6 is 0 Å². The average molecular weight is 306 g/mol. The summed E-state index contributed by atoms with van der Waals surface area (Å²) in [5.41, 5.74) is 3.29. The Labute approximate surface area is 134 Å². The number of nitrogens with one attached hydrogen (secondary N) is 1. The summed E-state index contributed by atoms with van der Waals surface area (Å²) in [7, 11) is 0. The highest BCUT2D eigenvalue weighted by atomic mass is 16.3. The van der Waals surface area contributed by atoms with Crippen molar-refractivity contribution in [2.75, 3.05) is 13.1 Å². The van der Waals surface area contributed by atoms with Crippen LogP contribution in [-0.2, 0) is 0 Å². The Hall–Kier alpha value is -2.46. The number of hydrogen-bond donors (Lipinski definition) is 1. The van der Waals surface area contributed by atoms with Crippen molar-refractivity contribution in [2.24, 2.45) is 5.92 Å². The standard InChI is InChI=1S/C19H18N2O2/c22-18(14-9-11-20-12-10-14)13-5-7-15(8-6-13)19-21-16-3-1-2-4-17(16)23-19/h1-8,14,20H,9-12H2. The molecule has 1 saturated heterocycles. The van der Waals surface area contributed by atoms with Crippen molar-refractivity contribution in [2.45, 2.75) is 12.8 Å². The largest absolute Gasteiger partial charge is 0.436 e. The van der Waals surface area contributed by atoms with Gasteiger partial charge in [-0.05, 0) is 50.2 Å². The SMILES string of the molecule is O=C(c1ccc(-c2nc3ccccc3o2)cc1)C1CCNCC1. The monoisotopic (exact) mass is 306 g/mol. The highest BCUT2D eigenvalue weighted by Crippen LogP contribution is 2.25. The molecule has 0 saturated carbocycles. The van der Waals surface area contributed by atoms with Gasteiger partial charge in [0.1, 0.15) is 5.52 Å². The van der Waals surface area contributed by atoms with Gasteiger partial charge in [0.05, 0.1) is 0 Å². The molecule has 0 bridgehead atoms. The molecule has 0 atom stereocenters. The molecule has 3 aromatic rings. The first-order chi connectivity index (χ1) is 11.3. The molecule has 1 aliphatic rings. The molecule has 2 heterocycles. The second-order valence-electron chi connectivity index (χ2n) is 5.95. The van der Waals surface area contributed by atoms with Crippen LogP contribution in [0.25, 0.3) is 22.6 Å². The molecule has 0 amide bonds. The molecule has 1 aliphatic heterocycles. The third-order valence-corrected chi connectivity index (χ3v) is 4.42. The van der Waals surface area contributed by atoms with Crippen molar-refractivity contribution in [3.63, 3.8) is 0 Å². The molecule has 1 fully saturated rings. The zero-order chi connectivity index (χ0) is 15.6.